The van der Waals surface area contributed by atoms with Gasteiger partial charge >= 0.3 is 0 Å². The number of rotatable bonds is 6. The average molecular weight is 397 g/mol. The Bertz CT molecular complexity index is 1090. The number of non-ortho nitro benzene ring substituents is 1. The second-order valence-corrected chi connectivity index (χ2v) is 7.03. The van der Waals surface area contributed by atoms with Crippen molar-refractivity contribution in [3.05, 3.63) is 57.3 Å². The number of fused-ring (bicyclic) bond motifs is 1. The van der Waals surface area contributed by atoms with Crippen LogP contribution in [0.4, 0.5) is 5.69 Å². The molecule has 0 spiro atoms. The van der Waals surface area contributed by atoms with Gasteiger partial charge in [0, 0.05) is 31.9 Å². The van der Waals surface area contributed by atoms with Gasteiger partial charge in [0.1, 0.15) is 0 Å². The fourth-order valence-corrected chi connectivity index (χ4v) is 3.22. The zero-order valence-corrected chi connectivity index (χ0v) is 17.0. The molecule has 152 valence electrons. The van der Waals surface area contributed by atoms with E-state index in [-0.39, 0.29) is 24.2 Å². The molecular weight excluding hydrogens is 374 g/mol. The van der Waals surface area contributed by atoms with Crippen molar-refractivity contribution < 1.29 is 14.5 Å². The quantitative estimate of drug-likeness (QED) is 0.468. The number of likely N-dealkylation sites (N-methyl/N-ethyl adjacent to an activating group) is 1. The fraction of sp³-hybridized carbons (Fsp3) is 0.350. The van der Waals surface area contributed by atoms with Crippen molar-refractivity contribution in [3.8, 4) is 5.88 Å². The number of carbonyl (C=O) groups is 1. The summed E-state index contributed by atoms with van der Waals surface area (Å²) in [4.78, 5) is 29.2. The third-order valence-electron chi connectivity index (χ3n) is 4.96. The molecule has 2 heterocycles. The summed E-state index contributed by atoms with van der Waals surface area (Å²) in [6, 6.07) is 7.85. The van der Waals surface area contributed by atoms with Gasteiger partial charge in [-0.25, -0.2) is 9.67 Å². The molecular formula is C20H23N5O4. The first-order valence-corrected chi connectivity index (χ1v) is 9.12. The molecule has 9 heteroatoms. The third kappa shape index (κ3) is 4.03. The number of benzene rings is 1. The summed E-state index contributed by atoms with van der Waals surface area (Å²) in [5, 5.41) is 16.1. The summed E-state index contributed by atoms with van der Waals surface area (Å²) in [6.07, 6.45) is 0. The van der Waals surface area contributed by atoms with Gasteiger partial charge in [-0.3, -0.25) is 14.9 Å². The number of amides is 1. The van der Waals surface area contributed by atoms with Crippen molar-refractivity contribution in [2.45, 2.75) is 26.8 Å². The number of carbonyl (C=O) groups excluding carboxylic acids is 1. The zero-order valence-electron chi connectivity index (χ0n) is 17.0. The monoisotopic (exact) mass is 397 g/mol. The van der Waals surface area contributed by atoms with Crippen LogP contribution in [-0.4, -0.2) is 44.1 Å². The maximum Gasteiger partial charge on any atom is 0.269 e. The lowest BCUT2D eigenvalue weighted by atomic mass is 10.1. The van der Waals surface area contributed by atoms with Crippen LogP contribution in [0, 0.1) is 24.0 Å². The van der Waals surface area contributed by atoms with E-state index in [0.29, 0.717) is 17.1 Å². The Hall–Kier alpha value is -3.49. The van der Waals surface area contributed by atoms with Crippen molar-refractivity contribution in [1.29, 1.82) is 0 Å². The minimum absolute atomic E-state index is 0.00956. The lowest BCUT2D eigenvalue weighted by Gasteiger charge is -2.25. The second-order valence-electron chi connectivity index (χ2n) is 7.03. The first-order chi connectivity index (χ1) is 13.7. The van der Waals surface area contributed by atoms with Crippen molar-refractivity contribution in [3.63, 3.8) is 0 Å². The molecule has 0 N–H and O–H groups in total. The Balaban J connectivity index is 1.75. The van der Waals surface area contributed by atoms with Crippen LogP contribution >= 0.6 is 0 Å². The molecule has 9 nitrogen and oxygen atoms in total. The number of nitrogens with zero attached hydrogens (tertiary/aromatic N) is 5. The van der Waals surface area contributed by atoms with E-state index in [4.69, 9.17) is 4.74 Å². The molecule has 0 bridgehead atoms. The first-order valence-electron chi connectivity index (χ1n) is 9.12. The summed E-state index contributed by atoms with van der Waals surface area (Å²) >= 11 is 0. The van der Waals surface area contributed by atoms with Crippen molar-refractivity contribution in [2.24, 2.45) is 7.05 Å². The summed E-state index contributed by atoms with van der Waals surface area (Å²) in [5.74, 6) is 0.0952. The molecule has 2 aromatic heterocycles. The number of hydrogen-bond acceptors (Lipinski definition) is 6. The highest BCUT2D eigenvalue weighted by Gasteiger charge is 2.21. The first kappa shape index (κ1) is 20.2. The number of nitro groups is 1. The largest absolute Gasteiger partial charge is 0.466 e. The van der Waals surface area contributed by atoms with Gasteiger partial charge in [0.15, 0.2) is 12.3 Å². The van der Waals surface area contributed by atoms with Gasteiger partial charge < -0.3 is 9.64 Å². The Morgan fingerprint density at radius 2 is 2.07 bits per heavy atom. The number of ether oxygens (including phenoxy) is 1. The molecule has 29 heavy (non-hydrogen) atoms. The molecule has 3 aromatic rings. The molecule has 1 aromatic carbocycles. The van der Waals surface area contributed by atoms with Crippen LogP contribution in [0.5, 0.6) is 5.88 Å². The van der Waals surface area contributed by atoms with Crippen LogP contribution in [0.15, 0.2) is 30.3 Å². The maximum atomic E-state index is 12.6. The standard InChI is InChI=1S/C20H23N5O4/c1-12-9-13(2)21-19-18(12)20(22-24(19)5)29-11-17(26)23(4)14(3)15-7-6-8-16(10-15)25(27)28/h6-10,14H,11H2,1-5H3/t14-/m1/s1. The van der Waals surface area contributed by atoms with Gasteiger partial charge in [-0.2, -0.15) is 0 Å². The molecule has 3 rings (SSSR count). The van der Waals surface area contributed by atoms with Crippen molar-refractivity contribution in [1.82, 2.24) is 19.7 Å². The molecule has 0 saturated carbocycles. The van der Waals surface area contributed by atoms with Gasteiger partial charge in [-0.1, -0.05) is 12.1 Å². The molecule has 1 atom stereocenters. The molecule has 0 aliphatic heterocycles. The Kier molecular flexibility index (Phi) is 5.49. The van der Waals surface area contributed by atoms with Gasteiger partial charge in [0.05, 0.1) is 16.4 Å². The van der Waals surface area contributed by atoms with Crippen LogP contribution in [0.25, 0.3) is 11.0 Å². The molecule has 0 saturated heterocycles. The van der Waals surface area contributed by atoms with Crippen molar-refractivity contribution >= 4 is 22.6 Å². The lowest BCUT2D eigenvalue weighted by molar-refractivity contribution is -0.384. The fourth-order valence-electron chi connectivity index (χ4n) is 3.22. The van der Waals surface area contributed by atoms with E-state index in [2.05, 4.69) is 10.1 Å². The Morgan fingerprint density at radius 3 is 2.76 bits per heavy atom. The summed E-state index contributed by atoms with van der Waals surface area (Å²) in [5.41, 5.74) is 3.22. The number of aromatic nitrogens is 3. The van der Waals surface area contributed by atoms with Crippen LogP contribution in [-0.2, 0) is 11.8 Å². The summed E-state index contributed by atoms with van der Waals surface area (Å²) < 4.78 is 7.35. The van der Waals surface area contributed by atoms with Crippen LogP contribution in [0.3, 0.4) is 0 Å². The predicted molar refractivity (Wildman–Crippen MR) is 108 cm³/mol. The van der Waals surface area contributed by atoms with Crippen molar-refractivity contribution in [2.75, 3.05) is 13.7 Å². The predicted octanol–water partition coefficient (Wildman–Crippen LogP) is 3.09. The molecule has 0 unspecified atom stereocenters. The molecule has 1 amide bonds. The summed E-state index contributed by atoms with van der Waals surface area (Å²) in [7, 11) is 3.42. The Labute approximate surface area is 168 Å². The van der Waals surface area contributed by atoms with E-state index >= 15 is 0 Å². The highest BCUT2D eigenvalue weighted by atomic mass is 16.6. The van der Waals surface area contributed by atoms with Gasteiger partial charge in [0.2, 0.25) is 5.88 Å². The molecule has 0 fully saturated rings. The number of nitro benzene ring substituents is 1. The highest BCUT2D eigenvalue weighted by molar-refractivity contribution is 5.85. The van der Waals surface area contributed by atoms with Crippen LogP contribution < -0.4 is 4.74 Å². The molecule has 0 radical (unpaired) electrons. The Morgan fingerprint density at radius 1 is 1.34 bits per heavy atom. The topological polar surface area (TPSA) is 103 Å². The third-order valence-corrected chi connectivity index (χ3v) is 4.96. The van der Waals surface area contributed by atoms with E-state index < -0.39 is 4.92 Å². The minimum atomic E-state index is -0.453. The van der Waals surface area contributed by atoms with E-state index in [0.717, 1.165) is 16.6 Å². The van der Waals surface area contributed by atoms with E-state index in [1.807, 2.05) is 26.8 Å². The lowest BCUT2D eigenvalue weighted by Crippen LogP contribution is -2.33. The smallest absolute Gasteiger partial charge is 0.269 e. The number of pyridine rings is 1. The second kappa shape index (κ2) is 7.86. The summed E-state index contributed by atoms with van der Waals surface area (Å²) in [6.45, 7) is 5.47. The van der Waals surface area contributed by atoms with E-state index in [1.165, 1.54) is 17.0 Å². The highest BCUT2D eigenvalue weighted by Crippen LogP contribution is 2.27. The maximum absolute atomic E-state index is 12.6. The normalized spacial score (nSPS) is 12.0. The van der Waals surface area contributed by atoms with E-state index in [9.17, 15) is 14.9 Å². The zero-order chi connectivity index (χ0) is 21.3. The number of aryl methyl sites for hydroxylation is 3. The minimum Gasteiger partial charge on any atom is -0.466 e. The van der Waals surface area contributed by atoms with Gasteiger partial charge in [-0.05, 0) is 38.0 Å². The van der Waals surface area contributed by atoms with E-state index in [1.54, 1.807) is 30.9 Å². The SMILES string of the molecule is Cc1cc(C)c2c(OCC(=O)N(C)[C@H](C)c3cccc([N+](=O)[O-])c3)nn(C)c2n1. The van der Waals surface area contributed by atoms with Gasteiger partial charge in [0.25, 0.3) is 11.6 Å². The van der Waals surface area contributed by atoms with Crippen LogP contribution in [0.2, 0.25) is 0 Å². The van der Waals surface area contributed by atoms with Crippen LogP contribution in [0.1, 0.15) is 29.8 Å². The van der Waals surface area contributed by atoms with Gasteiger partial charge in [-0.15, -0.1) is 5.10 Å². The average Bonchev–Trinajstić information content (AvgIpc) is 3.00. The number of hydrogen-bond donors (Lipinski definition) is 0. The molecule has 0 aliphatic rings. The molecule has 0 aliphatic carbocycles.